The predicted octanol–water partition coefficient (Wildman–Crippen LogP) is 2.23. The highest BCUT2D eigenvalue weighted by molar-refractivity contribution is 5.82. The second-order valence-corrected chi connectivity index (χ2v) is 7.87. The molecular formula is C20H23N3O7. The number of nitro groups is 1. The van der Waals surface area contributed by atoms with Crippen LogP contribution >= 0.6 is 0 Å². The van der Waals surface area contributed by atoms with Crippen molar-refractivity contribution in [2.75, 3.05) is 13.2 Å². The summed E-state index contributed by atoms with van der Waals surface area (Å²) in [7, 11) is 0. The van der Waals surface area contributed by atoms with E-state index < -0.39 is 23.2 Å². The molecule has 0 N–H and O–H groups in total. The predicted molar refractivity (Wildman–Crippen MR) is 105 cm³/mol. The highest BCUT2D eigenvalue weighted by atomic mass is 16.6. The van der Waals surface area contributed by atoms with E-state index in [2.05, 4.69) is 0 Å². The van der Waals surface area contributed by atoms with E-state index in [1.54, 1.807) is 0 Å². The third-order valence-corrected chi connectivity index (χ3v) is 6.07. The van der Waals surface area contributed by atoms with E-state index in [1.807, 2.05) is 4.90 Å². The smallest absolute Gasteiger partial charge is 0.420 e. The van der Waals surface area contributed by atoms with Gasteiger partial charge in [0.15, 0.2) is 12.2 Å². The number of non-ortho nitro benzene ring substituents is 1. The molecule has 0 radical (unpaired) electrons. The van der Waals surface area contributed by atoms with Crippen molar-refractivity contribution in [2.24, 2.45) is 5.92 Å². The van der Waals surface area contributed by atoms with E-state index in [0.717, 1.165) is 42.7 Å². The zero-order valence-electron chi connectivity index (χ0n) is 16.5. The number of piperidine rings is 1. The van der Waals surface area contributed by atoms with Gasteiger partial charge in [0.1, 0.15) is 6.54 Å². The SMILES string of the molecule is O=C(Cn1c(=O)oc2cc([N+](=O)[O-])ccc21)OCC(=O)N1CCC[C@H]2CCCC[C@H]21. The van der Waals surface area contributed by atoms with Crippen LogP contribution in [0.15, 0.2) is 27.4 Å². The molecule has 1 aromatic heterocycles. The summed E-state index contributed by atoms with van der Waals surface area (Å²) in [5, 5.41) is 10.9. The number of hydrogen-bond acceptors (Lipinski definition) is 7. The first-order chi connectivity index (χ1) is 14.4. The molecule has 1 amide bonds. The molecule has 2 aliphatic rings. The third-order valence-electron chi connectivity index (χ3n) is 6.07. The maximum absolute atomic E-state index is 12.6. The van der Waals surface area contributed by atoms with Crippen LogP contribution in [0.25, 0.3) is 11.1 Å². The average molecular weight is 417 g/mol. The maximum atomic E-state index is 12.6. The fourth-order valence-corrected chi connectivity index (χ4v) is 4.65. The lowest BCUT2D eigenvalue weighted by molar-refractivity contribution is -0.384. The first-order valence-corrected chi connectivity index (χ1v) is 10.2. The Kier molecular flexibility index (Phi) is 5.56. The van der Waals surface area contributed by atoms with Gasteiger partial charge in [-0.15, -0.1) is 0 Å². The Labute approximate surface area is 171 Å². The fraction of sp³-hybridized carbons (Fsp3) is 0.550. The van der Waals surface area contributed by atoms with E-state index in [1.165, 1.54) is 18.6 Å². The van der Waals surface area contributed by atoms with Crippen LogP contribution in [0.1, 0.15) is 38.5 Å². The van der Waals surface area contributed by atoms with Crippen LogP contribution in [-0.4, -0.2) is 45.5 Å². The van der Waals surface area contributed by atoms with Gasteiger partial charge in [-0.1, -0.05) is 12.8 Å². The van der Waals surface area contributed by atoms with Gasteiger partial charge >= 0.3 is 11.7 Å². The zero-order valence-corrected chi connectivity index (χ0v) is 16.5. The van der Waals surface area contributed by atoms with Crippen molar-refractivity contribution in [1.29, 1.82) is 0 Å². The summed E-state index contributed by atoms with van der Waals surface area (Å²) in [5.41, 5.74) is 0.0313. The minimum atomic E-state index is -0.824. The average Bonchev–Trinajstić information content (AvgIpc) is 3.05. The third kappa shape index (κ3) is 3.94. The number of hydrogen-bond donors (Lipinski definition) is 0. The molecule has 4 rings (SSSR count). The topological polar surface area (TPSA) is 125 Å². The summed E-state index contributed by atoms with van der Waals surface area (Å²) in [5.74, 6) is -1.24. The molecule has 10 nitrogen and oxygen atoms in total. The van der Waals surface area contributed by atoms with Gasteiger partial charge < -0.3 is 14.1 Å². The van der Waals surface area contributed by atoms with Crippen molar-refractivity contribution in [2.45, 2.75) is 51.1 Å². The lowest BCUT2D eigenvalue weighted by atomic mass is 9.78. The van der Waals surface area contributed by atoms with Crippen molar-refractivity contribution in [1.82, 2.24) is 9.47 Å². The van der Waals surface area contributed by atoms with Gasteiger partial charge in [-0.25, -0.2) is 4.79 Å². The van der Waals surface area contributed by atoms with Gasteiger partial charge in [-0.3, -0.25) is 24.3 Å². The van der Waals surface area contributed by atoms with E-state index in [9.17, 15) is 24.5 Å². The molecule has 2 atom stereocenters. The molecule has 10 heteroatoms. The van der Waals surface area contributed by atoms with E-state index in [0.29, 0.717) is 12.5 Å². The molecule has 2 fully saturated rings. The molecule has 2 aromatic rings. The number of oxazole rings is 1. The van der Waals surface area contributed by atoms with Crippen LogP contribution < -0.4 is 5.76 Å². The first kappa shape index (κ1) is 20.1. The van der Waals surface area contributed by atoms with Crippen LogP contribution in [0.3, 0.4) is 0 Å². The highest BCUT2D eigenvalue weighted by Crippen LogP contribution is 2.35. The molecule has 1 aliphatic heterocycles. The first-order valence-electron chi connectivity index (χ1n) is 10.2. The van der Waals surface area contributed by atoms with Crippen molar-refractivity contribution in [3.05, 3.63) is 38.9 Å². The monoisotopic (exact) mass is 417 g/mol. The summed E-state index contributed by atoms with van der Waals surface area (Å²) in [6.45, 7) is -0.122. The number of fused-ring (bicyclic) bond motifs is 2. The Bertz CT molecular complexity index is 1040. The lowest BCUT2D eigenvalue weighted by Crippen LogP contribution is -2.51. The fourth-order valence-electron chi connectivity index (χ4n) is 4.65. The highest BCUT2D eigenvalue weighted by Gasteiger charge is 2.35. The second kappa shape index (κ2) is 8.29. The Morgan fingerprint density at radius 2 is 1.97 bits per heavy atom. The Balaban J connectivity index is 1.39. The number of amides is 1. The maximum Gasteiger partial charge on any atom is 0.420 e. The number of aromatic nitrogens is 1. The molecule has 1 saturated carbocycles. The normalized spacial score (nSPS) is 21.3. The van der Waals surface area contributed by atoms with Crippen molar-refractivity contribution in [3.8, 4) is 0 Å². The summed E-state index contributed by atoms with van der Waals surface area (Å²) < 4.78 is 11.2. The molecule has 1 aliphatic carbocycles. The van der Waals surface area contributed by atoms with Gasteiger partial charge in [-0.05, 0) is 37.7 Å². The van der Waals surface area contributed by atoms with Gasteiger partial charge in [0.05, 0.1) is 16.5 Å². The van der Waals surface area contributed by atoms with Crippen molar-refractivity contribution < 1.29 is 23.7 Å². The Morgan fingerprint density at radius 1 is 1.20 bits per heavy atom. The van der Waals surface area contributed by atoms with Crippen molar-refractivity contribution >= 4 is 28.7 Å². The molecule has 0 unspecified atom stereocenters. The van der Waals surface area contributed by atoms with Gasteiger partial charge in [-0.2, -0.15) is 0 Å². The van der Waals surface area contributed by atoms with Gasteiger partial charge in [0, 0.05) is 18.7 Å². The minimum absolute atomic E-state index is 0.00901. The molecule has 2 heterocycles. The lowest BCUT2D eigenvalue weighted by Gasteiger charge is -2.44. The molecule has 0 bridgehead atoms. The summed E-state index contributed by atoms with van der Waals surface area (Å²) in [6.07, 6.45) is 6.55. The standard InChI is InChI=1S/C20H23N3O7/c24-18(21-9-3-5-13-4-1-2-6-15(13)21)12-29-19(25)11-22-16-8-7-14(23(27)28)10-17(16)30-20(22)26/h7-8,10,13,15H,1-6,9,11-12H2/t13-,15-/m1/s1. The van der Waals surface area contributed by atoms with Gasteiger partial charge in [0.25, 0.3) is 11.6 Å². The largest absolute Gasteiger partial charge is 0.454 e. The van der Waals surface area contributed by atoms with Crippen LogP contribution in [0.4, 0.5) is 5.69 Å². The number of rotatable bonds is 5. The number of benzene rings is 1. The molecule has 0 spiro atoms. The van der Waals surface area contributed by atoms with Crippen LogP contribution in [0.2, 0.25) is 0 Å². The van der Waals surface area contributed by atoms with E-state index in [-0.39, 0.29) is 35.3 Å². The number of ether oxygens (including phenoxy) is 1. The zero-order chi connectivity index (χ0) is 21.3. The van der Waals surface area contributed by atoms with E-state index in [4.69, 9.17) is 9.15 Å². The quantitative estimate of drug-likeness (QED) is 0.415. The van der Waals surface area contributed by atoms with Crippen LogP contribution in [0.5, 0.6) is 0 Å². The number of carbonyl (C=O) groups excluding carboxylic acids is 2. The summed E-state index contributed by atoms with van der Waals surface area (Å²) in [4.78, 5) is 49.0. The van der Waals surface area contributed by atoms with Crippen LogP contribution in [-0.2, 0) is 20.9 Å². The number of carbonyl (C=O) groups is 2. The van der Waals surface area contributed by atoms with E-state index >= 15 is 0 Å². The minimum Gasteiger partial charge on any atom is -0.454 e. The molecular weight excluding hydrogens is 394 g/mol. The molecule has 1 aromatic carbocycles. The summed E-state index contributed by atoms with van der Waals surface area (Å²) >= 11 is 0. The van der Waals surface area contributed by atoms with Gasteiger partial charge in [0.2, 0.25) is 0 Å². The number of nitro benzene ring substituents is 1. The molecule has 160 valence electrons. The molecule has 30 heavy (non-hydrogen) atoms. The number of nitrogens with zero attached hydrogens (tertiary/aromatic N) is 3. The summed E-state index contributed by atoms with van der Waals surface area (Å²) in [6, 6.07) is 3.92. The number of likely N-dealkylation sites (tertiary alicyclic amines) is 1. The van der Waals surface area contributed by atoms with Crippen molar-refractivity contribution in [3.63, 3.8) is 0 Å². The second-order valence-electron chi connectivity index (χ2n) is 7.87. The Hall–Kier alpha value is -3.17. The number of esters is 1. The molecule has 1 saturated heterocycles. The van der Waals surface area contributed by atoms with Crippen LogP contribution in [0, 0.1) is 16.0 Å². The Morgan fingerprint density at radius 3 is 2.77 bits per heavy atom.